The van der Waals surface area contributed by atoms with Crippen molar-refractivity contribution in [2.45, 2.75) is 6.18 Å². The van der Waals surface area contributed by atoms with Crippen LogP contribution in [-0.2, 0) is 6.18 Å². The van der Waals surface area contributed by atoms with Crippen molar-refractivity contribution in [1.29, 1.82) is 0 Å². The Bertz CT molecular complexity index is 625. The second kappa shape index (κ2) is 5.15. The van der Waals surface area contributed by atoms with Gasteiger partial charge in [-0.1, -0.05) is 0 Å². The van der Waals surface area contributed by atoms with Crippen LogP contribution in [0.2, 0.25) is 0 Å². The number of aromatic nitrogens is 4. The van der Waals surface area contributed by atoms with E-state index in [1.165, 1.54) is 7.11 Å². The maximum Gasteiger partial charge on any atom is 0.418 e. The second-order valence-corrected chi connectivity index (χ2v) is 3.52. The highest BCUT2D eigenvalue weighted by molar-refractivity contribution is 6.03. The lowest BCUT2D eigenvalue weighted by atomic mass is 10.2. The largest absolute Gasteiger partial charge is 0.466 e. The van der Waals surface area contributed by atoms with Gasteiger partial charge in [-0.05, 0) is 12.1 Å². The van der Waals surface area contributed by atoms with E-state index in [2.05, 4.69) is 30.2 Å². The molecule has 2 aromatic rings. The predicted molar refractivity (Wildman–Crippen MR) is 60.1 cm³/mol. The lowest BCUT2D eigenvalue weighted by Gasteiger charge is -2.10. The fourth-order valence-electron chi connectivity index (χ4n) is 1.38. The van der Waals surface area contributed by atoms with Gasteiger partial charge in [0.05, 0.1) is 12.7 Å². The van der Waals surface area contributed by atoms with E-state index < -0.39 is 23.3 Å². The maximum absolute atomic E-state index is 12.7. The van der Waals surface area contributed by atoms with Crippen LogP contribution in [0.25, 0.3) is 0 Å². The van der Waals surface area contributed by atoms with Crippen LogP contribution < -0.4 is 10.1 Å². The number of amides is 1. The molecule has 106 valence electrons. The Kier molecular flexibility index (Phi) is 3.55. The lowest BCUT2D eigenvalue weighted by molar-refractivity contribution is -0.138. The number of hydrogen-bond donors (Lipinski definition) is 2. The summed E-state index contributed by atoms with van der Waals surface area (Å²) in [4.78, 5) is 18.9. The number of H-pyrrole nitrogens is 1. The van der Waals surface area contributed by atoms with Gasteiger partial charge in [0.15, 0.2) is 0 Å². The van der Waals surface area contributed by atoms with Gasteiger partial charge in [-0.2, -0.15) is 18.2 Å². The molecule has 0 spiro atoms. The average Bonchev–Trinajstić information content (AvgIpc) is 2.85. The van der Waals surface area contributed by atoms with Crippen LogP contribution in [0, 0.1) is 0 Å². The van der Waals surface area contributed by atoms with Gasteiger partial charge < -0.3 is 4.74 Å². The zero-order chi connectivity index (χ0) is 14.8. The third kappa shape index (κ3) is 2.84. The number of pyridine rings is 1. The Hall–Kier alpha value is -2.65. The number of nitrogens with zero attached hydrogens (tertiary/aromatic N) is 3. The summed E-state index contributed by atoms with van der Waals surface area (Å²) in [5.41, 5.74) is -1.89. The van der Waals surface area contributed by atoms with Crippen molar-refractivity contribution < 1.29 is 22.7 Å². The molecular formula is C10H8F3N5O2. The van der Waals surface area contributed by atoms with Gasteiger partial charge >= 0.3 is 12.2 Å². The van der Waals surface area contributed by atoms with Gasteiger partial charge in [0.25, 0.3) is 5.91 Å². The number of carbonyl (C=O) groups excluding carboxylic acids is 1. The normalized spacial score (nSPS) is 11.2. The minimum Gasteiger partial charge on any atom is -0.466 e. The highest BCUT2D eigenvalue weighted by Crippen LogP contribution is 2.31. The van der Waals surface area contributed by atoms with Gasteiger partial charge in [0.2, 0.25) is 5.95 Å². The predicted octanol–water partition coefficient (Wildman–Crippen LogP) is 1.48. The molecule has 0 bridgehead atoms. The Morgan fingerprint density at radius 1 is 1.45 bits per heavy atom. The second-order valence-electron chi connectivity index (χ2n) is 3.52. The molecule has 0 aliphatic heterocycles. The number of alkyl halides is 3. The molecule has 0 aromatic carbocycles. The third-order valence-electron chi connectivity index (χ3n) is 2.21. The van der Waals surface area contributed by atoms with Crippen LogP contribution >= 0.6 is 0 Å². The van der Waals surface area contributed by atoms with Crippen molar-refractivity contribution in [3.8, 4) is 6.01 Å². The summed E-state index contributed by atoms with van der Waals surface area (Å²) in [6.45, 7) is 0. The zero-order valence-corrected chi connectivity index (χ0v) is 10.0. The van der Waals surface area contributed by atoms with E-state index in [0.717, 1.165) is 18.3 Å². The number of rotatable bonds is 3. The van der Waals surface area contributed by atoms with E-state index in [0.29, 0.717) is 0 Å². The summed E-state index contributed by atoms with van der Waals surface area (Å²) in [5, 5.41) is 7.94. The number of nitrogens with one attached hydrogen (secondary N) is 2. The van der Waals surface area contributed by atoms with Gasteiger partial charge in [-0.25, -0.2) is 5.10 Å². The summed E-state index contributed by atoms with van der Waals surface area (Å²) < 4.78 is 42.9. The number of hydrogen-bond acceptors (Lipinski definition) is 5. The molecule has 0 aliphatic carbocycles. The summed E-state index contributed by atoms with van der Waals surface area (Å²) in [7, 11) is 1.30. The number of halogens is 3. The molecule has 0 aliphatic rings. The molecule has 2 aromatic heterocycles. The van der Waals surface area contributed by atoms with Gasteiger partial charge in [0.1, 0.15) is 5.69 Å². The Labute approximate surface area is 110 Å². The summed E-state index contributed by atoms with van der Waals surface area (Å²) in [5.74, 6) is -1.21. The molecule has 0 unspecified atom stereocenters. The van der Waals surface area contributed by atoms with E-state index in [1.54, 1.807) is 0 Å². The quantitative estimate of drug-likeness (QED) is 0.892. The average molecular weight is 287 g/mol. The third-order valence-corrected chi connectivity index (χ3v) is 2.21. The summed E-state index contributed by atoms with van der Waals surface area (Å²) >= 11 is 0. The molecule has 20 heavy (non-hydrogen) atoms. The molecule has 2 N–H and O–H groups in total. The molecule has 2 rings (SSSR count). The Morgan fingerprint density at radius 3 is 2.80 bits per heavy atom. The first-order chi connectivity index (χ1) is 9.41. The van der Waals surface area contributed by atoms with Crippen LogP contribution in [0.5, 0.6) is 6.01 Å². The highest BCUT2D eigenvalue weighted by Gasteiger charge is 2.36. The summed E-state index contributed by atoms with van der Waals surface area (Å²) in [6.07, 6.45) is -3.59. The molecule has 7 nitrogen and oxygen atoms in total. The number of methoxy groups -OCH3 is 1. The van der Waals surface area contributed by atoms with Gasteiger partial charge in [-0.3, -0.25) is 15.1 Å². The molecule has 0 radical (unpaired) electrons. The van der Waals surface area contributed by atoms with E-state index in [4.69, 9.17) is 0 Å². The standard InChI is InChI=1S/C10H8F3N5O2/c1-20-9-16-8(17-18-9)15-7(19)6-5(10(11,12)13)3-2-4-14-6/h2-4H,1H3,(H2,15,16,17,18,19). The first-order valence-electron chi connectivity index (χ1n) is 5.22. The van der Waals surface area contributed by atoms with Crippen molar-refractivity contribution in [3.63, 3.8) is 0 Å². The number of aromatic amines is 1. The van der Waals surface area contributed by atoms with E-state index >= 15 is 0 Å². The van der Waals surface area contributed by atoms with E-state index in [-0.39, 0.29) is 12.0 Å². The number of anilines is 1. The minimum absolute atomic E-state index is 0.0580. The van der Waals surface area contributed by atoms with E-state index in [1.807, 2.05) is 0 Å². The molecule has 1 amide bonds. The first kappa shape index (κ1) is 13.8. The molecule has 0 saturated heterocycles. The van der Waals surface area contributed by atoms with Crippen LogP contribution in [0.1, 0.15) is 16.1 Å². The Morgan fingerprint density at radius 2 is 2.20 bits per heavy atom. The van der Waals surface area contributed by atoms with Gasteiger partial charge in [0, 0.05) is 6.20 Å². The van der Waals surface area contributed by atoms with Crippen molar-refractivity contribution in [1.82, 2.24) is 20.2 Å². The topological polar surface area (TPSA) is 92.8 Å². The van der Waals surface area contributed by atoms with Crippen molar-refractivity contribution >= 4 is 11.9 Å². The van der Waals surface area contributed by atoms with Crippen molar-refractivity contribution in [2.24, 2.45) is 0 Å². The SMILES string of the molecule is COc1n[nH]c(NC(=O)c2ncccc2C(F)(F)F)n1. The monoisotopic (exact) mass is 287 g/mol. The molecular weight excluding hydrogens is 279 g/mol. The fraction of sp³-hybridized carbons (Fsp3) is 0.200. The van der Waals surface area contributed by atoms with Crippen molar-refractivity contribution in [3.05, 3.63) is 29.6 Å². The number of ether oxygens (including phenoxy) is 1. The smallest absolute Gasteiger partial charge is 0.418 e. The first-order valence-corrected chi connectivity index (χ1v) is 5.22. The zero-order valence-electron chi connectivity index (χ0n) is 10.0. The minimum atomic E-state index is -4.68. The number of carbonyl (C=O) groups is 1. The molecule has 0 fully saturated rings. The molecule has 2 heterocycles. The Balaban J connectivity index is 2.25. The molecule has 0 saturated carbocycles. The highest BCUT2D eigenvalue weighted by atomic mass is 19.4. The maximum atomic E-state index is 12.7. The van der Waals surface area contributed by atoms with E-state index in [9.17, 15) is 18.0 Å². The van der Waals surface area contributed by atoms with Crippen molar-refractivity contribution in [2.75, 3.05) is 12.4 Å². The van der Waals surface area contributed by atoms with Crippen LogP contribution in [0.4, 0.5) is 19.1 Å². The lowest BCUT2D eigenvalue weighted by Crippen LogP contribution is -2.20. The van der Waals surface area contributed by atoms with Crippen LogP contribution in [0.3, 0.4) is 0 Å². The van der Waals surface area contributed by atoms with Crippen LogP contribution in [0.15, 0.2) is 18.3 Å². The summed E-state index contributed by atoms with van der Waals surface area (Å²) in [6, 6.07) is 1.80. The van der Waals surface area contributed by atoms with Crippen LogP contribution in [-0.4, -0.2) is 33.2 Å². The fourth-order valence-corrected chi connectivity index (χ4v) is 1.38. The molecule has 0 atom stereocenters. The van der Waals surface area contributed by atoms with Gasteiger partial charge in [-0.15, -0.1) is 5.10 Å². The molecule has 10 heteroatoms.